The van der Waals surface area contributed by atoms with Gasteiger partial charge in [-0.1, -0.05) is 61.0 Å². The van der Waals surface area contributed by atoms with E-state index in [9.17, 15) is 0 Å². The van der Waals surface area contributed by atoms with Gasteiger partial charge < -0.3 is 9.47 Å². The zero-order chi connectivity index (χ0) is 15.5. The monoisotopic (exact) mass is 356 g/mol. The molecular weight excluding hydrogens is 328 g/mol. The highest BCUT2D eigenvalue weighted by molar-refractivity contribution is 9.09. The molecule has 1 rings (SSSR count). The van der Waals surface area contributed by atoms with Crippen LogP contribution in [0.5, 0.6) is 11.5 Å². The van der Waals surface area contributed by atoms with Gasteiger partial charge in [0.1, 0.15) is 0 Å². The fraction of sp³-hybridized carbons (Fsp3) is 0.667. The molecule has 3 heteroatoms. The highest BCUT2D eigenvalue weighted by Gasteiger charge is 2.12. The average molecular weight is 357 g/mol. The Kier molecular flexibility index (Phi) is 9.56. The molecule has 21 heavy (non-hydrogen) atoms. The van der Waals surface area contributed by atoms with Crippen molar-refractivity contribution >= 4 is 15.9 Å². The maximum absolute atomic E-state index is 5.69. The van der Waals surface area contributed by atoms with Crippen LogP contribution in [-0.4, -0.2) is 13.2 Å². The fourth-order valence-electron chi connectivity index (χ4n) is 2.36. The van der Waals surface area contributed by atoms with Crippen molar-refractivity contribution in [3.05, 3.63) is 23.8 Å². The Labute approximate surface area is 138 Å². The predicted octanol–water partition coefficient (Wildman–Crippen LogP) is 6.28. The first kappa shape index (κ1) is 18.3. The van der Waals surface area contributed by atoms with Crippen molar-refractivity contribution in [2.75, 3.05) is 13.2 Å². The number of benzene rings is 1. The van der Waals surface area contributed by atoms with E-state index >= 15 is 0 Å². The van der Waals surface area contributed by atoms with Crippen LogP contribution >= 0.6 is 15.9 Å². The van der Waals surface area contributed by atoms with Gasteiger partial charge in [0.05, 0.1) is 13.2 Å². The molecule has 0 saturated heterocycles. The normalized spacial score (nSPS) is 12.2. The third-order valence-electron chi connectivity index (χ3n) is 3.49. The van der Waals surface area contributed by atoms with Gasteiger partial charge in [-0.3, -0.25) is 0 Å². The topological polar surface area (TPSA) is 18.5 Å². The van der Waals surface area contributed by atoms with Crippen LogP contribution in [0.25, 0.3) is 0 Å². The van der Waals surface area contributed by atoms with E-state index in [2.05, 4.69) is 35.0 Å². The van der Waals surface area contributed by atoms with Gasteiger partial charge in [0.15, 0.2) is 11.5 Å². The Balaban J connectivity index is 2.58. The largest absolute Gasteiger partial charge is 0.490 e. The first-order chi connectivity index (χ1) is 10.2. The van der Waals surface area contributed by atoms with E-state index in [0.29, 0.717) is 18.0 Å². The highest BCUT2D eigenvalue weighted by atomic mass is 79.9. The summed E-state index contributed by atoms with van der Waals surface area (Å²) in [6, 6.07) is 6.27. The number of unbranched alkanes of at least 4 members (excludes halogenated alkanes) is 4. The molecule has 1 aromatic carbocycles. The van der Waals surface area contributed by atoms with E-state index in [1.54, 1.807) is 0 Å². The number of rotatable bonds is 11. The minimum atomic E-state index is 0.397. The van der Waals surface area contributed by atoms with Gasteiger partial charge in [-0.25, -0.2) is 0 Å². The molecule has 0 spiro atoms. The predicted molar refractivity (Wildman–Crippen MR) is 93.8 cm³/mol. The molecule has 0 aliphatic carbocycles. The maximum Gasteiger partial charge on any atom is 0.161 e. The molecule has 120 valence electrons. The number of hydrogen-bond acceptors (Lipinski definition) is 2. The molecule has 0 heterocycles. The van der Waals surface area contributed by atoms with Crippen molar-refractivity contribution in [3.63, 3.8) is 0 Å². The first-order valence-electron chi connectivity index (χ1n) is 8.26. The lowest BCUT2D eigenvalue weighted by molar-refractivity contribution is 0.287. The van der Waals surface area contributed by atoms with Gasteiger partial charge in [-0.15, -0.1) is 0 Å². The third-order valence-corrected chi connectivity index (χ3v) is 4.48. The summed E-state index contributed by atoms with van der Waals surface area (Å²) in [4.78, 5) is 0.397. The van der Waals surface area contributed by atoms with Crippen molar-refractivity contribution in [2.24, 2.45) is 0 Å². The molecule has 0 radical (unpaired) electrons. The standard InChI is InChI=1S/C18H29BrO2/c1-4-7-8-9-10-11-16(19)15-12-13-17(20-5-2)18(14-15)21-6-3/h12-14,16H,4-11H2,1-3H3. The minimum absolute atomic E-state index is 0.397. The van der Waals surface area contributed by atoms with Crippen LogP contribution < -0.4 is 9.47 Å². The Morgan fingerprint density at radius 1 is 0.905 bits per heavy atom. The molecule has 0 aromatic heterocycles. The summed E-state index contributed by atoms with van der Waals surface area (Å²) in [5.74, 6) is 1.69. The molecule has 0 amide bonds. The van der Waals surface area contributed by atoms with Crippen molar-refractivity contribution in [1.29, 1.82) is 0 Å². The van der Waals surface area contributed by atoms with Crippen LogP contribution in [-0.2, 0) is 0 Å². The number of halogens is 1. The molecule has 0 aliphatic heterocycles. The molecule has 0 fully saturated rings. The number of hydrogen-bond donors (Lipinski definition) is 0. The van der Waals surface area contributed by atoms with E-state index in [1.807, 2.05) is 19.9 Å². The third kappa shape index (κ3) is 6.73. The van der Waals surface area contributed by atoms with Gasteiger partial charge in [0, 0.05) is 4.83 Å². The second-order valence-corrected chi connectivity index (χ2v) is 6.35. The van der Waals surface area contributed by atoms with Crippen LogP contribution in [0.3, 0.4) is 0 Å². The van der Waals surface area contributed by atoms with Gasteiger partial charge >= 0.3 is 0 Å². The molecule has 2 nitrogen and oxygen atoms in total. The van der Waals surface area contributed by atoms with E-state index in [0.717, 1.165) is 11.5 Å². The second kappa shape index (κ2) is 10.9. The van der Waals surface area contributed by atoms with Crippen molar-refractivity contribution in [2.45, 2.75) is 64.1 Å². The quantitative estimate of drug-likeness (QED) is 0.343. The van der Waals surface area contributed by atoms with E-state index in [1.165, 1.54) is 44.1 Å². The lowest BCUT2D eigenvalue weighted by Crippen LogP contribution is -2.00. The first-order valence-corrected chi connectivity index (χ1v) is 9.18. The van der Waals surface area contributed by atoms with Gasteiger partial charge in [-0.2, -0.15) is 0 Å². The van der Waals surface area contributed by atoms with E-state index in [-0.39, 0.29) is 0 Å². The summed E-state index contributed by atoms with van der Waals surface area (Å²) < 4.78 is 11.3. The Bertz CT molecular complexity index is 393. The summed E-state index contributed by atoms with van der Waals surface area (Å²) in [5.41, 5.74) is 1.28. The van der Waals surface area contributed by atoms with E-state index in [4.69, 9.17) is 9.47 Å². The summed E-state index contributed by atoms with van der Waals surface area (Å²) in [6.45, 7) is 7.57. The summed E-state index contributed by atoms with van der Waals surface area (Å²) in [7, 11) is 0. The summed E-state index contributed by atoms with van der Waals surface area (Å²) in [6.07, 6.45) is 7.77. The van der Waals surface area contributed by atoms with Crippen LogP contribution in [0.2, 0.25) is 0 Å². The van der Waals surface area contributed by atoms with Crippen LogP contribution in [0.15, 0.2) is 18.2 Å². The second-order valence-electron chi connectivity index (χ2n) is 5.24. The molecule has 1 atom stereocenters. The molecule has 0 bridgehead atoms. The summed E-state index contributed by atoms with van der Waals surface area (Å²) in [5, 5.41) is 0. The lowest BCUT2D eigenvalue weighted by atomic mass is 10.0. The molecule has 1 aromatic rings. The average Bonchev–Trinajstić information content (AvgIpc) is 2.49. The zero-order valence-corrected chi connectivity index (χ0v) is 15.2. The van der Waals surface area contributed by atoms with Gasteiger partial charge in [0.25, 0.3) is 0 Å². The van der Waals surface area contributed by atoms with Crippen LogP contribution in [0, 0.1) is 0 Å². The number of ether oxygens (including phenoxy) is 2. The van der Waals surface area contributed by atoms with Crippen LogP contribution in [0.4, 0.5) is 0 Å². The van der Waals surface area contributed by atoms with Gasteiger partial charge in [-0.05, 0) is 38.0 Å². The Morgan fingerprint density at radius 2 is 1.57 bits per heavy atom. The lowest BCUT2D eigenvalue weighted by Gasteiger charge is -2.15. The van der Waals surface area contributed by atoms with E-state index < -0.39 is 0 Å². The number of alkyl halides is 1. The zero-order valence-electron chi connectivity index (χ0n) is 13.7. The molecule has 0 N–H and O–H groups in total. The maximum atomic E-state index is 5.69. The SMILES string of the molecule is CCCCCCCC(Br)c1ccc(OCC)c(OCC)c1. The minimum Gasteiger partial charge on any atom is -0.490 e. The molecule has 1 unspecified atom stereocenters. The smallest absolute Gasteiger partial charge is 0.161 e. The molecule has 0 aliphatic rings. The van der Waals surface area contributed by atoms with Crippen molar-refractivity contribution in [1.82, 2.24) is 0 Å². The fourth-order valence-corrected chi connectivity index (χ4v) is 2.96. The summed E-state index contributed by atoms with van der Waals surface area (Å²) >= 11 is 3.81. The molecular formula is C18H29BrO2. The van der Waals surface area contributed by atoms with Crippen molar-refractivity contribution in [3.8, 4) is 11.5 Å². The van der Waals surface area contributed by atoms with Gasteiger partial charge in [0.2, 0.25) is 0 Å². The Morgan fingerprint density at radius 3 is 2.24 bits per heavy atom. The highest BCUT2D eigenvalue weighted by Crippen LogP contribution is 2.35. The van der Waals surface area contributed by atoms with Crippen molar-refractivity contribution < 1.29 is 9.47 Å². The Hall–Kier alpha value is -0.700. The molecule has 0 saturated carbocycles. The van der Waals surface area contributed by atoms with Crippen LogP contribution in [0.1, 0.15) is 69.7 Å².